The lowest BCUT2D eigenvalue weighted by molar-refractivity contribution is 0.523. The Kier molecular flexibility index (Phi) is 21.0. The van der Waals surface area contributed by atoms with Gasteiger partial charge in [-0.25, -0.2) is 4.79 Å². The summed E-state index contributed by atoms with van der Waals surface area (Å²) in [4.78, 5) is 10.4. The van der Waals surface area contributed by atoms with Crippen LogP contribution in [0.3, 0.4) is 0 Å². The van der Waals surface area contributed by atoms with Crippen molar-refractivity contribution in [1.29, 1.82) is 0 Å². The van der Waals surface area contributed by atoms with Crippen LogP contribution in [-0.2, 0) is 4.79 Å². The number of allylic oxidation sites excluding steroid dienone is 1. The first-order valence-corrected chi connectivity index (χ1v) is 11.5. The molecule has 0 aromatic rings. The molecule has 0 aliphatic heterocycles. The minimum atomic E-state index is 0.881. The van der Waals surface area contributed by atoms with E-state index in [1.807, 2.05) is 12.9 Å². The molecule has 0 aromatic heterocycles. The summed E-state index contributed by atoms with van der Waals surface area (Å²) in [6, 6.07) is 0. The molecule has 0 aromatic carbocycles. The van der Waals surface area contributed by atoms with E-state index in [-0.39, 0.29) is 0 Å². The maximum atomic E-state index is 10.4. The van der Waals surface area contributed by atoms with Gasteiger partial charge in [0.05, 0.1) is 0 Å². The lowest BCUT2D eigenvalue weighted by atomic mass is 10.0. The molecule has 0 radical (unpaired) electrons. The van der Waals surface area contributed by atoms with Crippen LogP contribution in [0.2, 0.25) is 0 Å². The Morgan fingerprint density at radius 1 is 0.520 bits per heavy atom. The van der Waals surface area contributed by atoms with Gasteiger partial charge in [0.2, 0.25) is 0 Å². The summed E-state index contributed by atoms with van der Waals surface area (Å²) in [6.07, 6.45) is 27.7. The molecular weight excluding hydrogens is 304 g/mol. The van der Waals surface area contributed by atoms with E-state index in [0.29, 0.717) is 0 Å². The molecule has 0 spiro atoms. The van der Waals surface area contributed by atoms with E-state index in [4.69, 9.17) is 0 Å². The van der Waals surface area contributed by atoms with E-state index in [1.165, 1.54) is 122 Å². The van der Waals surface area contributed by atoms with Crippen LogP contribution in [0.15, 0.2) is 5.57 Å². The van der Waals surface area contributed by atoms with Crippen LogP contribution < -0.4 is 0 Å². The van der Waals surface area contributed by atoms with Gasteiger partial charge in [0, 0.05) is 5.57 Å². The average molecular weight is 351 g/mol. The van der Waals surface area contributed by atoms with Crippen LogP contribution in [0.1, 0.15) is 142 Å². The molecule has 0 fully saturated rings. The highest BCUT2D eigenvalue weighted by Gasteiger charge is 1.96. The second-order valence-corrected chi connectivity index (χ2v) is 8.00. The number of rotatable bonds is 20. The fraction of sp³-hybridized carbons (Fsp3) is 0.917. The molecule has 0 amide bonds. The predicted octanol–water partition coefficient (Wildman–Crippen LogP) is 8.59. The summed E-state index contributed by atoms with van der Waals surface area (Å²) in [5, 5.41) is 0. The van der Waals surface area contributed by atoms with Gasteiger partial charge in [-0.2, -0.15) is 0 Å². The molecule has 0 saturated carbocycles. The molecule has 0 saturated heterocycles. The molecule has 148 valence electrons. The molecular formula is C24H46O. The highest BCUT2D eigenvalue weighted by molar-refractivity contribution is 5.50. The van der Waals surface area contributed by atoms with Gasteiger partial charge in [-0.15, -0.1) is 0 Å². The Morgan fingerprint density at radius 2 is 0.800 bits per heavy atom. The van der Waals surface area contributed by atoms with Crippen molar-refractivity contribution >= 4 is 5.94 Å². The van der Waals surface area contributed by atoms with E-state index in [9.17, 15) is 4.79 Å². The van der Waals surface area contributed by atoms with E-state index >= 15 is 0 Å². The quantitative estimate of drug-likeness (QED) is 0.159. The molecule has 25 heavy (non-hydrogen) atoms. The first kappa shape index (κ1) is 24.5. The van der Waals surface area contributed by atoms with Crippen molar-refractivity contribution in [3.63, 3.8) is 0 Å². The third kappa shape index (κ3) is 21.4. The Labute approximate surface area is 159 Å². The largest absolute Gasteiger partial charge is 0.234 e. The van der Waals surface area contributed by atoms with E-state index in [0.717, 1.165) is 12.0 Å². The molecule has 0 bridgehead atoms. The van der Waals surface area contributed by atoms with Gasteiger partial charge in [0.15, 0.2) is 0 Å². The molecule has 1 heteroatoms. The van der Waals surface area contributed by atoms with Crippen molar-refractivity contribution < 1.29 is 4.79 Å². The Bertz CT molecular complexity index is 301. The van der Waals surface area contributed by atoms with Gasteiger partial charge in [-0.3, -0.25) is 0 Å². The smallest absolute Gasteiger partial charge is 0.123 e. The lowest BCUT2D eigenvalue weighted by Gasteiger charge is -2.04. The van der Waals surface area contributed by atoms with Gasteiger partial charge in [-0.1, -0.05) is 122 Å². The number of carbonyl (C=O) groups excluding carboxylic acids is 1. The minimum Gasteiger partial charge on any atom is -0.234 e. The van der Waals surface area contributed by atoms with Gasteiger partial charge in [0.25, 0.3) is 0 Å². The zero-order valence-corrected chi connectivity index (χ0v) is 17.6. The normalized spacial score (nSPS) is 10.8. The summed E-state index contributed by atoms with van der Waals surface area (Å²) < 4.78 is 0. The lowest BCUT2D eigenvalue weighted by Crippen LogP contribution is -1.84. The molecule has 1 nitrogen and oxygen atoms in total. The van der Waals surface area contributed by atoms with Crippen molar-refractivity contribution in [3.05, 3.63) is 5.57 Å². The van der Waals surface area contributed by atoms with E-state index < -0.39 is 0 Å². The first-order valence-electron chi connectivity index (χ1n) is 11.5. The molecule has 0 atom stereocenters. The van der Waals surface area contributed by atoms with Gasteiger partial charge >= 0.3 is 0 Å². The fourth-order valence-corrected chi connectivity index (χ4v) is 3.52. The fourth-order valence-electron chi connectivity index (χ4n) is 3.52. The van der Waals surface area contributed by atoms with Gasteiger partial charge < -0.3 is 0 Å². The van der Waals surface area contributed by atoms with Crippen molar-refractivity contribution in [2.45, 2.75) is 142 Å². The second kappa shape index (κ2) is 21.5. The van der Waals surface area contributed by atoms with Crippen LogP contribution in [0, 0.1) is 0 Å². The molecule has 0 N–H and O–H groups in total. The van der Waals surface area contributed by atoms with Crippen molar-refractivity contribution in [1.82, 2.24) is 0 Å². The molecule has 0 unspecified atom stereocenters. The van der Waals surface area contributed by atoms with Crippen LogP contribution in [-0.4, -0.2) is 5.94 Å². The highest BCUT2D eigenvalue weighted by atomic mass is 16.1. The summed E-state index contributed by atoms with van der Waals surface area (Å²) in [5.74, 6) is 1.99. The van der Waals surface area contributed by atoms with Gasteiger partial charge in [0.1, 0.15) is 5.94 Å². The van der Waals surface area contributed by atoms with E-state index in [2.05, 4.69) is 6.92 Å². The van der Waals surface area contributed by atoms with Crippen molar-refractivity contribution in [2.75, 3.05) is 0 Å². The third-order valence-corrected chi connectivity index (χ3v) is 5.33. The van der Waals surface area contributed by atoms with Crippen LogP contribution in [0.4, 0.5) is 0 Å². The summed E-state index contributed by atoms with van der Waals surface area (Å²) in [6.45, 7) is 4.18. The maximum absolute atomic E-state index is 10.4. The number of hydrogen-bond acceptors (Lipinski definition) is 1. The zero-order chi connectivity index (χ0) is 18.4. The Balaban J connectivity index is 3.02. The summed E-state index contributed by atoms with van der Waals surface area (Å²) in [7, 11) is 0. The monoisotopic (exact) mass is 350 g/mol. The van der Waals surface area contributed by atoms with Crippen molar-refractivity contribution in [3.8, 4) is 0 Å². The Morgan fingerprint density at radius 3 is 1.08 bits per heavy atom. The molecule has 0 aliphatic rings. The van der Waals surface area contributed by atoms with Crippen molar-refractivity contribution in [2.24, 2.45) is 0 Å². The summed E-state index contributed by atoms with van der Waals surface area (Å²) in [5.41, 5.74) is 0.881. The summed E-state index contributed by atoms with van der Waals surface area (Å²) >= 11 is 0. The topological polar surface area (TPSA) is 17.1 Å². The first-order chi connectivity index (χ1) is 12.3. The maximum Gasteiger partial charge on any atom is 0.123 e. The standard InChI is InChI=1S/C24H46O/c1-3-4-5-6-7-8-9-10-11-12-13-14-15-16-17-18-19-20-21-22-24(2)23-25/h3-22H2,1-2H3. The molecule has 0 heterocycles. The van der Waals surface area contributed by atoms with E-state index in [1.54, 1.807) is 0 Å². The third-order valence-electron chi connectivity index (χ3n) is 5.33. The molecule has 0 rings (SSSR count). The number of unbranched alkanes of at least 4 members (excludes halogenated alkanes) is 18. The molecule has 0 aliphatic carbocycles. The predicted molar refractivity (Wildman–Crippen MR) is 113 cm³/mol. The SMILES string of the molecule is CCCCCCCCCCCCCCCCCCCCCC(C)=C=O. The highest BCUT2D eigenvalue weighted by Crippen LogP contribution is 2.15. The average Bonchev–Trinajstić information content (AvgIpc) is 2.63. The zero-order valence-electron chi connectivity index (χ0n) is 17.6. The second-order valence-electron chi connectivity index (χ2n) is 8.00. The van der Waals surface area contributed by atoms with Crippen LogP contribution in [0.25, 0.3) is 0 Å². The van der Waals surface area contributed by atoms with Gasteiger partial charge in [-0.05, 0) is 19.8 Å². The number of hydrogen-bond donors (Lipinski definition) is 0. The van der Waals surface area contributed by atoms with Crippen LogP contribution in [0.5, 0.6) is 0 Å². The Hall–Kier alpha value is -0.550. The van der Waals surface area contributed by atoms with Crippen LogP contribution >= 0.6 is 0 Å². The minimum absolute atomic E-state index is 0.881.